The Bertz CT molecular complexity index is 294. The molecular weight excluding hydrogens is 198 g/mol. The van der Waals surface area contributed by atoms with Gasteiger partial charge in [0.05, 0.1) is 12.1 Å². The Hall–Kier alpha value is -0.860. The molecule has 0 saturated carbocycles. The van der Waals surface area contributed by atoms with Gasteiger partial charge in [0, 0.05) is 6.61 Å². The number of ether oxygens (including phenoxy) is 1. The van der Waals surface area contributed by atoms with Gasteiger partial charge in [0.1, 0.15) is 0 Å². The monoisotopic (exact) mass is 221 g/mol. The van der Waals surface area contributed by atoms with E-state index >= 15 is 0 Å². The average Bonchev–Trinajstić information content (AvgIpc) is 2.29. The van der Waals surface area contributed by atoms with Crippen LogP contribution in [-0.4, -0.2) is 12.7 Å². The highest BCUT2D eigenvalue weighted by molar-refractivity contribution is 5.24. The van der Waals surface area contributed by atoms with E-state index in [9.17, 15) is 0 Å². The Morgan fingerprint density at radius 1 is 1.25 bits per heavy atom. The van der Waals surface area contributed by atoms with E-state index in [2.05, 4.69) is 38.1 Å². The molecule has 0 spiro atoms. The fraction of sp³-hybridized carbons (Fsp3) is 0.571. The van der Waals surface area contributed by atoms with Gasteiger partial charge in [-0.1, -0.05) is 43.2 Å². The molecule has 16 heavy (non-hydrogen) atoms. The van der Waals surface area contributed by atoms with Gasteiger partial charge in [0.25, 0.3) is 0 Å². The van der Waals surface area contributed by atoms with E-state index in [1.165, 1.54) is 5.56 Å². The number of hydrogen-bond acceptors (Lipinski definition) is 2. The molecule has 0 heterocycles. The number of hydrogen-bond donors (Lipinski definition) is 1. The predicted octanol–water partition coefficient (Wildman–Crippen LogP) is 3.20. The van der Waals surface area contributed by atoms with Crippen LogP contribution in [0.4, 0.5) is 0 Å². The lowest BCUT2D eigenvalue weighted by atomic mass is 10.0. The summed E-state index contributed by atoms with van der Waals surface area (Å²) in [5.74, 6) is 0. The van der Waals surface area contributed by atoms with Crippen LogP contribution in [-0.2, 0) is 4.74 Å². The zero-order chi connectivity index (χ0) is 12.0. The van der Waals surface area contributed by atoms with Crippen LogP contribution >= 0.6 is 0 Å². The van der Waals surface area contributed by atoms with Crippen molar-refractivity contribution in [1.29, 1.82) is 0 Å². The van der Waals surface area contributed by atoms with Crippen molar-refractivity contribution in [3.8, 4) is 0 Å². The minimum absolute atomic E-state index is 0.0301. The van der Waals surface area contributed by atoms with Gasteiger partial charge in [-0.25, -0.2) is 0 Å². The molecule has 0 aliphatic heterocycles. The molecule has 0 fully saturated rings. The Labute approximate surface area is 98.8 Å². The van der Waals surface area contributed by atoms with Crippen molar-refractivity contribution >= 4 is 0 Å². The van der Waals surface area contributed by atoms with Gasteiger partial charge >= 0.3 is 0 Å². The van der Waals surface area contributed by atoms with Crippen LogP contribution in [0.2, 0.25) is 0 Å². The third-order valence-electron chi connectivity index (χ3n) is 2.85. The van der Waals surface area contributed by atoms with E-state index in [1.807, 2.05) is 6.92 Å². The smallest absolute Gasteiger partial charge is 0.0739 e. The summed E-state index contributed by atoms with van der Waals surface area (Å²) < 4.78 is 5.70. The molecular formula is C14H23NO. The summed E-state index contributed by atoms with van der Waals surface area (Å²) in [4.78, 5) is 0. The summed E-state index contributed by atoms with van der Waals surface area (Å²) in [6, 6.07) is 8.32. The van der Waals surface area contributed by atoms with Gasteiger partial charge in [-0.15, -0.1) is 0 Å². The molecule has 1 aromatic carbocycles. The van der Waals surface area contributed by atoms with Crippen LogP contribution in [0.1, 0.15) is 43.9 Å². The van der Waals surface area contributed by atoms with Crippen molar-refractivity contribution in [2.45, 2.75) is 45.8 Å². The second-order valence-corrected chi connectivity index (χ2v) is 4.37. The van der Waals surface area contributed by atoms with Gasteiger partial charge in [-0.05, 0) is 25.8 Å². The van der Waals surface area contributed by atoms with Crippen LogP contribution in [0.3, 0.4) is 0 Å². The van der Waals surface area contributed by atoms with Crippen molar-refractivity contribution in [3.63, 3.8) is 0 Å². The Balaban J connectivity index is 2.49. The molecule has 0 saturated heterocycles. The molecule has 1 aromatic rings. The number of rotatable bonds is 6. The fourth-order valence-corrected chi connectivity index (χ4v) is 1.58. The minimum atomic E-state index is -0.0301. The zero-order valence-electron chi connectivity index (χ0n) is 10.6. The van der Waals surface area contributed by atoms with Gasteiger partial charge in [0.15, 0.2) is 0 Å². The normalized spacial score (nSPS) is 14.8. The van der Waals surface area contributed by atoms with Gasteiger partial charge in [-0.3, -0.25) is 0 Å². The first-order chi connectivity index (χ1) is 7.65. The summed E-state index contributed by atoms with van der Waals surface area (Å²) in [7, 11) is 0. The zero-order valence-corrected chi connectivity index (χ0v) is 10.6. The van der Waals surface area contributed by atoms with Crippen molar-refractivity contribution in [2.24, 2.45) is 5.73 Å². The third kappa shape index (κ3) is 3.95. The molecule has 2 atom stereocenters. The molecule has 0 amide bonds. The van der Waals surface area contributed by atoms with Crippen molar-refractivity contribution in [2.75, 3.05) is 6.61 Å². The summed E-state index contributed by atoms with van der Waals surface area (Å²) in [6.07, 6.45) is 2.34. The molecule has 0 aromatic heterocycles. The first-order valence-corrected chi connectivity index (χ1v) is 6.09. The summed E-state index contributed by atoms with van der Waals surface area (Å²) >= 11 is 0. The van der Waals surface area contributed by atoms with E-state index in [4.69, 9.17) is 10.5 Å². The standard InChI is InChI=1S/C14H23NO/c1-4-5-10-16-12(3)14(15)13-8-6-11(2)7-9-13/h6-9,12,14H,4-5,10,15H2,1-3H3. The highest BCUT2D eigenvalue weighted by Crippen LogP contribution is 2.17. The quantitative estimate of drug-likeness (QED) is 0.749. The van der Waals surface area contributed by atoms with Gasteiger partial charge in [-0.2, -0.15) is 0 Å². The Kier molecular flexibility index (Phi) is 5.50. The van der Waals surface area contributed by atoms with Crippen LogP contribution in [0.25, 0.3) is 0 Å². The van der Waals surface area contributed by atoms with Crippen molar-refractivity contribution < 1.29 is 4.74 Å². The topological polar surface area (TPSA) is 35.2 Å². The predicted molar refractivity (Wildman–Crippen MR) is 68.4 cm³/mol. The minimum Gasteiger partial charge on any atom is -0.377 e. The molecule has 2 heteroatoms. The molecule has 0 aliphatic carbocycles. The average molecular weight is 221 g/mol. The summed E-state index contributed by atoms with van der Waals surface area (Å²) in [5.41, 5.74) is 8.55. The number of aryl methyl sites for hydroxylation is 1. The maximum absolute atomic E-state index is 6.15. The van der Waals surface area contributed by atoms with E-state index in [0.29, 0.717) is 0 Å². The number of unbranched alkanes of at least 4 members (excludes halogenated alkanes) is 1. The molecule has 0 aliphatic rings. The third-order valence-corrected chi connectivity index (χ3v) is 2.85. The molecule has 2 unspecified atom stereocenters. The largest absolute Gasteiger partial charge is 0.377 e. The fourth-order valence-electron chi connectivity index (χ4n) is 1.58. The second kappa shape index (κ2) is 6.66. The summed E-state index contributed by atoms with van der Waals surface area (Å²) in [5, 5.41) is 0. The second-order valence-electron chi connectivity index (χ2n) is 4.37. The van der Waals surface area contributed by atoms with Crippen molar-refractivity contribution in [1.82, 2.24) is 0 Å². The highest BCUT2D eigenvalue weighted by atomic mass is 16.5. The van der Waals surface area contributed by atoms with E-state index in [-0.39, 0.29) is 12.1 Å². The first kappa shape index (κ1) is 13.2. The SMILES string of the molecule is CCCCOC(C)C(N)c1ccc(C)cc1. The maximum Gasteiger partial charge on any atom is 0.0739 e. The number of nitrogens with two attached hydrogens (primary N) is 1. The molecule has 0 bridgehead atoms. The van der Waals surface area contributed by atoms with Crippen molar-refractivity contribution in [3.05, 3.63) is 35.4 Å². The van der Waals surface area contributed by atoms with Gasteiger partial charge in [0.2, 0.25) is 0 Å². The summed E-state index contributed by atoms with van der Waals surface area (Å²) in [6.45, 7) is 7.09. The van der Waals surface area contributed by atoms with Gasteiger partial charge < -0.3 is 10.5 Å². The van der Waals surface area contributed by atoms with Crippen LogP contribution in [0.15, 0.2) is 24.3 Å². The van der Waals surface area contributed by atoms with E-state index in [0.717, 1.165) is 25.0 Å². The highest BCUT2D eigenvalue weighted by Gasteiger charge is 2.14. The van der Waals surface area contributed by atoms with Crippen LogP contribution in [0.5, 0.6) is 0 Å². The number of benzene rings is 1. The van der Waals surface area contributed by atoms with E-state index < -0.39 is 0 Å². The molecule has 90 valence electrons. The molecule has 1 rings (SSSR count). The Morgan fingerprint density at radius 2 is 1.88 bits per heavy atom. The lowest BCUT2D eigenvalue weighted by molar-refractivity contribution is 0.0462. The first-order valence-electron chi connectivity index (χ1n) is 6.09. The van der Waals surface area contributed by atoms with Crippen LogP contribution < -0.4 is 5.73 Å². The lowest BCUT2D eigenvalue weighted by Crippen LogP contribution is -2.26. The molecule has 2 N–H and O–H groups in total. The van der Waals surface area contributed by atoms with E-state index in [1.54, 1.807) is 0 Å². The molecule has 2 nitrogen and oxygen atoms in total. The lowest BCUT2D eigenvalue weighted by Gasteiger charge is -2.21. The molecule has 0 radical (unpaired) electrons. The van der Waals surface area contributed by atoms with Crippen LogP contribution in [0, 0.1) is 6.92 Å². The Morgan fingerprint density at radius 3 is 2.44 bits per heavy atom. The maximum atomic E-state index is 6.15.